The fourth-order valence-electron chi connectivity index (χ4n) is 3.77. The number of carbonyl (C=O) groups is 4. The Bertz CT molecular complexity index is 1210. The lowest BCUT2D eigenvalue weighted by Crippen LogP contribution is -2.51. The van der Waals surface area contributed by atoms with E-state index in [2.05, 4.69) is 0 Å². The van der Waals surface area contributed by atoms with Gasteiger partial charge in [-0.15, -0.1) is 0 Å². The Labute approximate surface area is 241 Å². The lowest BCUT2D eigenvalue weighted by molar-refractivity contribution is -0.147. The second-order valence-electron chi connectivity index (χ2n) is 12.3. The SMILES string of the molecule is COC(=O)[C@@](N)(CCOC(=O)Oc1ccccc1)Cc1ccc(OC(=O)CC(C)(C)C)c(OC(=O)CC(C)(C)C)c1. The minimum atomic E-state index is -1.60. The van der Waals surface area contributed by atoms with Crippen molar-refractivity contribution >= 4 is 24.1 Å². The van der Waals surface area contributed by atoms with Crippen molar-refractivity contribution in [3.05, 3.63) is 54.1 Å². The van der Waals surface area contributed by atoms with E-state index in [0.29, 0.717) is 11.3 Å². The van der Waals surface area contributed by atoms with E-state index < -0.39 is 29.6 Å². The minimum Gasteiger partial charge on any atom is -0.468 e. The molecule has 0 spiro atoms. The van der Waals surface area contributed by atoms with Gasteiger partial charge in [-0.2, -0.15) is 0 Å². The average Bonchev–Trinajstić information content (AvgIpc) is 2.83. The van der Waals surface area contributed by atoms with Crippen molar-refractivity contribution in [3.63, 3.8) is 0 Å². The summed E-state index contributed by atoms with van der Waals surface area (Å²) in [6.45, 7) is 11.2. The molecule has 0 saturated heterocycles. The first kappa shape index (κ1) is 33.3. The van der Waals surface area contributed by atoms with Crippen molar-refractivity contribution in [1.29, 1.82) is 0 Å². The molecule has 0 aliphatic heterocycles. The second kappa shape index (κ2) is 14.1. The molecule has 224 valence electrons. The maximum atomic E-state index is 12.7. The van der Waals surface area contributed by atoms with Crippen molar-refractivity contribution in [2.45, 2.75) is 72.8 Å². The third-order valence-corrected chi connectivity index (χ3v) is 5.63. The number of hydrogen-bond donors (Lipinski definition) is 1. The van der Waals surface area contributed by atoms with Gasteiger partial charge < -0.3 is 29.4 Å². The number of benzene rings is 2. The molecule has 0 fully saturated rings. The van der Waals surface area contributed by atoms with Crippen LogP contribution in [0.15, 0.2) is 48.5 Å². The normalized spacial score (nSPS) is 13.0. The highest BCUT2D eigenvalue weighted by atomic mass is 16.7. The zero-order valence-electron chi connectivity index (χ0n) is 24.9. The Hall–Kier alpha value is -3.92. The summed E-state index contributed by atoms with van der Waals surface area (Å²) in [5.41, 5.74) is 4.70. The monoisotopic (exact) mass is 571 g/mol. The summed E-state index contributed by atoms with van der Waals surface area (Å²) in [7, 11) is 1.20. The lowest BCUT2D eigenvalue weighted by atomic mass is 9.88. The molecule has 2 N–H and O–H groups in total. The Balaban J connectivity index is 2.23. The summed E-state index contributed by atoms with van der Waals surface area (Å²) in [5, 5.41) is 0. The van der Waals surface area contributed by atoms with Gasteiger partial charge in [0, 0.05) is 12.8 Å². The van der Waals surface area contributed by atoms with Gasteiger partial charge >= 0.3 is 24.1 Å². The van der Waals surface area contributed by atoms with Crippen molar-refractivity contribution in [2.75, 3.05) is 13.7 Å². The van der Waals surface area contributed by atoms with Gasteiger partial charge in [0.05, 0.1) is 26.6 Å². The molecule has 0 aliphatic carbocycles. The zero-order valence-corrected chi connectivity index (χ0v) is 24.9. The molecule has 0 bridgehead atoms. The van der Waals surface area contributed by atoms with Crippen molar-refractivity contribution in [3.8, 4) is 17.2 Å². The first-order valence-corrected chi connectivity index (χ1v) is 13.3. The number of carbonyl (C=O) groups excluding carboxylic acids is 4. The first-order chi connectivity index (χ1) is 19.0. The van der Waals surface area contributed by atoms with E-state index >= 15 is 0 Å². The van der Waals surface area contributed by atoms with Crippen LogP contribution in [0.5, 0.6) is 17.2 Å². The highest BCUT2D eigenvalue weighted by Crippen LogP contribution is 2.33. The molecule has 10 heteroatoms. The van der Waals surface area contributed by atoms with Crippen LogP contribution in [0.4, 0.5) is 4.79 Å². The summed E-state index contributed by atoms with van der Waals surface area (Å²) >= 11 is 0. The topological polar surface area (TPSA) is 140 Å². The highest BCUT2D eigenvalue weighted by molar-refractivity contribution is 5.81. The van der Waals surface area contributed by atoms with E-state index in [4.69, 9.17) is 29.4 Å². The number of hydrogen-bond acceptors (Lipinski definition) is 10. The number of nitrogens with two attached hydrogens (primary N) is 1. The third-order valence-electron chi connectivity index (χ3n) is 5.63. The van der Waals surface area contributed by atoms with Crippen LogP contribution < -0.4 is 19.9 Å². The summed E-state index contributed by atoms with van der Waals surface area (Å²) in [6, 6.07) is 13.0. The number of rotatable bonds is 11. The molecule has 0 amide bonds. The fourth-order valence-corrected chi connectivity index (χ4v) is 3.77. The van der Waals surface area contributed by atoms with Gasteiger partial charge in [-0.25, -0.2) is 4.79 Å². The Morgan fingerprint density at radius 2 is 1.32 bits per heavy atom. The van der Waals surface area contributed by atoms with E-state index in [9.17, 15) is 19.2 Å². The standard InChI is InChI=1S/C31H41NO9/c1-29(2,3)19-25(33)40-23-14-13-21(17-24(23)41-26(34)20-30(4,5)6)18-31(32,27(35)37-7)15-16-38-28(36)39-22-11-9-8-10-12-22/h8-14,17H,15-16,18-20,32H2,1-7H3/t31-/m1/s1. The molecule has 0 radical (unpaired) electrons. The van der Waals surface area contributed by atoms with Crippen molar-refractivity contribution in [1.82, 2.24) is 0 Å². The Morgan fingerprint density at radius 1 is 0.756 bits per heavy atom. The Morgan fingerprint density at radius 3 is 1.85 bits per heavy atom. The van der Waals surface area contributed by atoms with Crippen LogP contribution in [0.2, 0.25) is 0 Å². The molecule has 10 nitrogen and oxygen atoms in total. The van der Waals surface area contributed by atoms with Crippen LogP contribution in [0.25, 0.3) is 0 Å². The molecule has 0 heterocycles. The molecule has 1 atom stereocenters. The maximum Gasteiger partial charge on any atom is 0.513 e. The van der Waals surface area contributed by atoms with Crippen LogP contribution in [-0.4, -0.2) is 43.3 Å². The van der Waals surface area contributed by atoms with E-state index in [0.717, 1.165) is 0 Å². The summed E-state index contributed by atoms with van der Waals surface area (Å²) in [5.74, 6) is -1.33. The van der Waals surface area contributed by atoms with Crippen LogP contribution in [-0.2, 0) is 30.3 Å². The van der Waals surface area contributed by atoms with E-state index in [1.54, 1.807) is 36.4 Å². The molecule has 2 aromatic rings. The predicted molar refractivity (Wildman–Crippen MR) is 152 cm³/mol. The molecule has 0 saturated carbocycles. The van der Waals surface area contributed by atoms with Crippen molar-refractivity contribution in [2.24, 2.45) is 16.6 Å². The molecular formula is C31H41NO9. The molecule has 2 aromatic carbocycles. The number of para-hydroxylation sites is 1. The van der Waals surface area contributed by atoms with Gasteiger partial charge in [-0.1, -0.05) is 65.8 Å². The fraction of sp³-hybridized carbons (Fsp3) is 0.484. The summed E-state index contributed by atoms with van der Waals surface area (Å²) in [6.07, 6.45) is -0.836. The summed E-state index contributed by atoms with van der Waals surface area (Å²) < 4.78 is 26.3. The predicted octanol–water partition coefficient (Wildman–Crippen LogP) is 5.39. The van der Waals surface area contributed by atoms with Gasteiger partial charge in [0.1, 0.15) is 11.3 Å². The molecule has 0 aliphatic rings. The van der Waals surface area contributed by atoms with E-state index in [-0.39, 0.29) is 54.6 Å². The molecule has 2 rings (SSSR count). The first-order valence-electron chi connectivity index (χ1n) is 13.3. The summed E-state index contributed by atoms with van der Waals surface area (Å²) in [4.78, 5) is 49.9. The smallest absolute Gasteiger partial charge is 0.468 e. The van der Waals surface area contributed by atoms with Crippen LogP contribution in [0.3, 0.4) is 0 Å². The molecular weight excluding hydrogens is 530 g/mol. The van der Waals surface area contributed by atoms with Gasteiger partial charge in [0.2, 0.25) is 0 Å². The molecule has 41 heavy (non-hydrogen) atoms. The third kappa shape index (κ3) is 12.0. The van der Waals surface area contributed by atoms with E-state index in [1.165, 1.54) is 19.2 Å². The van der Waals surface area contributed by atoms with Gasteiger partial charge in [0.15, 0.2) is 11.5 Å². The van der Waals surface area contributed by atoms with Crippen LogP contribution in [0, 0.1) is 10.8 Å². The number of methoxy groups -OCH3 is 1. The number of esters is 3. The van der Waals surface area contributed by atoms with Gasteiger partial charge in [0.25, 0.3) is 0 Å². The largest absolute Gasteiger partial charge is 0.513 e. The maximum absolute atomic E-state index is 12.7. The minimum absolute atomic E-state index is 0.0221. The van der Waals surface area contributed by atoms with Crippen molar-refractivity contribution < 1.29 is 42.9 Å². The lowest BCUT2D eigenvalue weighted by Gasteiger charge is -2.27. The van der Waals surface area contributed by atoms with Gasteiger partial charge in [-0.3, -0.25) is 14.4 Å². The Kier molecular flexibility index (Phi) is 11.5. The van der Waals surface area contributed by atoms with E-state index in [1.807, 2.05) is 41.5 Å². The molecule has 0 aromatic heterocycles. The average molecular weight is 572 g/mol. The van der Waals surface area contributed by atoms with Crippen LogP contribution in [0.1, 0.15) is 66.4 Å². The van der Waals surface area contributed by atoms with Gasteiger partial charge in [-0.05, 0) is 40.7 Å². The number of ether oxygens (including phenoxy) is 5. The van der Waals surface area contributed by atoms with Crippen LogP contribution >= 0.6 is 0 Å². The second-order valence-corrected chi connectivity index (χ2v) is 12.3. The molecule has 0 unspecified atom stereocenters. The zero-order chi connectivity index (χ0) is 30.8. The highest BCUT2D eigenvalue weighted by Gasteiger charge is 2.36. The quantitative estimate of drug-likeness (QED) is 0.212.